The molecule has 0 heterocycles. The second-order valence-electron chi connectivity index (χ2n) is 5.85. The van der Waals surface area contributed by atoms with Crippen molar-refractivity contribution < 1.29 is 4.79 Å². The van der Waals surface area contributed by atoms with Gasteiger partial charge < -0.3 is 16.0 Å². The van der Waals surface area contributed by atoms with Gasteiger partial charge in [-0.25, -0.2) is 0 Å². The highest BCUT2D eigenvalue weighted by atomic mass is 16.1. The van der Waals surface area contributed by atoms with Crippen molar-refractivity contribution in [3.63, 3.8) is 0 Å². The summed E-state index contributed by atoms with van der Waals surface area (Å²) in [7, 11) is 0. The van der Waals surface area contributed by atoms with Crippen LogP contribution in [0.2, 0.25) is 0 Å². The van der Waals surface area contributed by atoms with Crippen molar-refractivity contribution >= 4 is 5.91 Å². The highest BCUT2D eigenvalue weighted by molar-refractivity contribution is 5.85. The fourth-order valence-corrected chi connectivity index (χ4v) is 3.15. The molecule has 106 valence electrons. The van der Waals surface area contributed by atoms with E-state index in [1.807, 2.05) is 6.92 Å². The zero-order valence-corrected chi connectivity index (χ0v) is 12.3. The lowest BCUT2D eigenvalue weighted by Gasteiger charge is -2.32. The van der Waals surface area contributed by atoms with Crippen LogP contribution < -0.4 is 11.1 Å². The molecule has 0 aromatic heterocycles. The van der Waals surface area contributed by atoms with Crippen LogP contribution in [0.1, 0.15) is 47.0 Å². The second-order valence-corrected chi connectivity index (χ2v) is 5.85. The fraction of sp³-hybridized carbons (Fsp3) is 0.929. The maximum Gasteiger partial charge on any atom is 0.237 e. The third kappa shape index (κ3) is 3.45. The fourth-order valence-electron chi connectivity index (χ4n) is 3.15. The summed E-state index contributed by atoms with van der Waals surface area (Å²) in [6.45, 7) is 11.6. The largest absolute Gasteiger partial charge is 0.368 e. The van der Waals surface area contributed by atoms with Crippen LogP contribution in [0.5, 0.6) is 0 Å². The maximum absolute atomic E-state index is 11.7. The Morgan fingerprint density at radius 1 is 1.50 bits per heavy atom. The molecule has 0 bridgehead atoms. The second kappa shape index (κ2) is 6.53. The Labute approximate surface area is 111 Å². The molecule has 3 N–H and O–H groups in total. The zero-order chi connectivity index (χ0) is 13.8. The monoisotopic (exact) mass is 255 g/mol. The Bertz CT molecular complexity index is 280. The van der Waals surface area contributed by atoms with E-state index in [-0.39, 0.29) is 5.91 Å². The zero-order valence-electron chi connectivity index (χ0n) is 12.3. The van der Waals surface area contributed by atoms with Crippen LogP contribution in [0, 0.1) is 5.92 Å². The van der Waals surface area contributed by atoms with Gasteiger partial charge in [0.1, 0.15) is 0 Å². The molecule has 1 saturated carbocycles. The number of amides is 1. The highest BCUT2D eigenvalue weighted by Gasteiger charge is 2.44. The molecule has 4 heteroatoms. The van der Waals surface area contributed by atoms with Gasteiger partial charge in [-0.05, 0) is 38.3 Å². The van der Waals surface area contributed by atoms with Gasteiger partial charge in [0.2, 0.25) is 5.91 Å². The van der Waals surface area contributed by atoms with Gasteiger partial charge in [0, 0.05) is 12.6 Å². The first-order chi connectivity index (χ1) is 8.45. The van der Waals surface area contributed by atoms with Crippen LogP contribution >= 0.6 is 0 Å². The summed E-state index contributed by atoms with van der Waals surface area (Å²) in [5.74, 6) is 0.472. The van der Waals surface area contributed by atoms with Crippen molar-refractivity contribution in [2.24, 2.45) is 11.7 Å². The molecule has 18 heavy (non-hydrogen) atoms. The quantitative estimate of drug-likeness (QED) is 0.722. The number of nitrogens with zero attached hydrogens (tertiary/aromatic N) is 1. The third-order valence-corrected chi connectivity index (χ3v) is 4.00. The normalized spacial score (nSPS) is 28.2. The van der Waals surface area contributed by atoms with Crippen molar-refractivity contribution in [1.29, 1.82) is 0 Å². The molecule has 0 aromatic carbocycles. The minimum Gasteiger partial charge on any atom is -0.368 e. The van der Waals surface area contributed by atoms with Crippen LogP contribution in [-0.2, 0) is 4.79 Å². The van der Waals surface area contributed by atoms with Crippen LogP contribution in [-0.4, -0.2) is 42.0 Å². The van der Waals surface area contributed by atoms with Crippen LogP contribution in [0.25, 0.3) is 0 Å². The number of hydrogen-bond acceptors (Lipinski definition) is 3. The van der Waals surface area contributed by atoms with Gasteiger partial charge in [-0.15, -0.1) is 0 Å². The number of likely N-dealkylation sites (N-methyl/N-ethyl adjacent to an activating group) is 1. The molecule has 1 fully saturated rings. The molecule has 0 spiro atoms. The topological polar surface area (TPSA) is 58.4 Å². The van der Waals surface area contributed by atoms with E-state index in [9.17, 15) is 4.79 Å². The molecular weight excluding hydrogens is 226 g/mol. The number of rotatable bonds is 7. The Morgan fingerprint density at radius 3 is 2.61 bits per heavy atom. The molecule has 0 saturated heterocycles. The molecule has 1 amide bonds. The number of carbonyl (C=O) groups is 1. The molecule has 1 aliphatic carbocycles. The van der Waals surface area contributed by atoms with Crippen molar-refractivity contribution in [2.45, 2.75) is 58.5 Å². The summed E-state index contributed by atoms with van der Waals surface area (Å²) in [6.07, 6.45) is 2.79. The van der Waals surface area contributed by atoms with Gasteiger partial charge in [0.25, 0.3) is 0 Å². The molecule has 0 aromatic rings. The van der Waals surface area contributed by atoms with Crippen LogP contribution in [0.3, 0.4) is 0 Å². The summed E-state index contributed by atoms with van der Waals surface area (Å²) in [4.78, 5) is 14.2. The standard InChI is InChI=1S/C14H29N3O/c1-5-16-14(13(15)18)8-7-12(9-14)17(6-2)10-11(3)4/h11-12,16H,5-10H2,1-4H3,(H2,15,18). The molecular formula is C14H29N3O. The molecule has 4 nitrogen and oxygen atoms in total. The Kier molecular flexibility index (Phi) is 5.60. The average molecular weight is 255 g/mol. The minimum atomic E-state index is -0.468. The Hall–Kier alpha value is -0.610. The Balaban J connectivity index is 2.69. The van der Waals surface area contributed by atoms with Gasteiger partial charge in [0.05, 0.1) is 5.54 Å². The van der Waals surface area contributed by atoms with E-state index in [1.165, 1.54) is 0 Å². The van der Waals surface area contributed by atoms with Crippen LogP contribution in [0.15, 0.2) is 0 Å². The van der Waals surface area contributed by atoms with E-state index in [4.69, 9.17) is 5.73 Å². The maximum atomic E-state index is 11.7. The lowest BCUT2D eigenvalue weighted by atomic mass is 9.96. The van der Waals surface area contributed by atoms with E-state index in [0.29, 0.717) is 12.0 Å². The van der Waals surface area contributed by atoms with Gasteiger partial charge in [-0.3, -0.25) is 4.79 Å². The smallest absolute Gasteiger partial charge is 0.237 e. The minimum absolute atomic E-state index is 0.188. The first-order valence-electron chi connectivity index (χ1n) is 7.24. The summed E-state index contributed by atoms with van der Waals surface area (Å²) in [6, 6.07) is 0.490. The van der Waals surface area contributed by atoms with Gasteiger partial charge in [0.15, 0.2) is 0 Å². The lowest BCUT2D eigenvalue weighted by Crippen LogP contribution is -2.54. The number of carbonyl (C=O) groups excluding carboxylic acids is 1. The first kappa shape index (κ1) is 15.4. The summed E-state index contributed by atoms with van der Waals surface area (Å²) >= 11 is 0. The Morgan fingerprint density at radius 2 is 2.17 bits per heavy atom. The summed E-state index contributed by atoms with van der Waals surface area (Å²) in [5.41, 5.74) is 5.14. The number of hydrogen-bond donors (Lipinski definition) is 2. The molecule has 1 aliphatic rings. The van der Waals surface area contributed by atoms with E-state index >= 15 is 0 Å². The van der Waals surface area contributed by atoms with E-state index in [0.717, 1.165) is 38.9 Å². The highest BCUT2D eigenvalue weighted by Crippen LogP contribution is 2.33. The van der Waals surface area contributed by atoms with Crippen molar-refractivity contribution in [2.75, 3.05) is 19.6 Å². The third-order valence-electron chi connectivity index (χ3n) is 4.00. The molecule has 2 unspecified atom stereocenters. The van der Waals surface area contributed by atoms with Crippen molar-refractivity contribution in [3.8, 4) is 0 Å². The lowest BCUT2D eigenvalue weighted by molar-refractivity contribution is -0.124. The summed E-state index contributed by atoms with van der Waals surface area (Å²) in [5, 5.41) is 3.32. The van der Waals surface area contributed by atoms with E-state index in [2.05, 4.69) is 31.0 Å². The van der Waals surface area contributed by atoms with Gasteiger partial charge in [-0.1, -0.05) is 27.7 Å². The molecule has 1 rings (SSSR count). The molecule has 0 radical (unpaired) electrons. The average Bonchev–Trinajstić information content (AvgIpc) is 2.71. The predicted octanol–water partition coefficient (Wildman–Crippen LogP) is 1.35. The van der Waals surface area contributed by atoms with Crippen LogP contribution in [0.4, 0.5) is 0 Å². The molecule has 2 atom stereocenters. The van der Waals surface area contributed by atoms with Crippen molar-refractivity contribution in [1.82, 2.24) is 10.2 Å². The van der Waals surface area contributed by atoms with Crippen molar-refractivity contribution in [3.05, 3.63) is 0 Å². The number of nitrogens with two attached hydrogens (primary N) is 1. The number of primary amides is 1. The van der Waals surface area contributed by atoms with E-state index in [1.54, 1.807) is 0 Å². The predicted molar refractivity (Wildman–Crippen MR) is 75.3 cm³/mol. The SMILES string of the molecule is CCNC1(C(N)=O)CCC(N(CC)CC(C)C)C1. The van der Waals surface area contributed by atoms with Gasteiger partial charge in [-0.2, -0.15) is 0 Å². The van der Waals surface area contributed by atoms with E-state index < -0.39 is 5.54 Å². The first-order valence-corrected chi connectivity index (χ1v) is 7.24. The van der Waals surface area contributed by atoms with Gasteiger partial charge >= 0.3 is 0 Å². The molecule has 0 aliphatic heterocycles. The summed E-state index contributed by atoms with van der Waals surface area (Å²) < 4.78 is 0. The number of nitrogens with one attached hydrogen (secondary N) is 1.